The van der Waals surface area contributed by atoms with E-state index in [9.17, 15) is 4.79 Å². The molecular weight excluding hydrogens is 300 g/mol. The van der Waals surface area contributed by atoms with Crippen LogP contribution in [-0.4, -0.2) is 47.3 Å². The third-order valence-corrected chi connectivity index (χ3v) is 4.89. The molecule has 0 bridgehead atoms. The first kappa shape index (κ1) is 19.0. The van der Waals surface area contributed by atoms with Crippen LogP contribution in [0.25, 0.3) is 0 Å². The number of amides is 1. The summed E-state index contributed by atoms with van der Waals surface area (Å²) in [5, 5.41) is 7.88. The second-order valence-electron chi connectivity index (χ2n) is 8.32. The lowest BCUT2D eigenvalue weighted by Gasteiger charge is -2.31. The van der Waals surface area contributed by atoms with Crippen LogP contribution in [-0.2, 0) is 5.54 Å². The number of rotatable bonds is 5. The van der Waals surface area contributed by atoms with Crippen LogP contribution in [0.1, 0.15) is 76.0 Å². The maximum absolute atomic E-state index is 12.9. The van der Waals surface area contributed by atoms with Crippen molar-refractivity contribution in [1.29, 1.82) is 0 Å². The summed E-state index contributed by atoms with van der Waals surface area (Å²) >= 11 is 0. The lowest BCUT2D eigenvalue weighted by atomic mass is 9.93. The van der Waals surface area contributed by atoms with Crippen LogP contribution in [0.15, 0.2) is 6.07 Å². The third kappa shape index (κ3) is 4.38. The van der Waals surface area contributed by atoms with Gasteiger partial charge < -0.3 is 10.2 Å². The molecule has 1 aromatic heterocycles. The zero-order chi connectivity index (χ0) is 17.9. The molecular formula is C19H34N4O. The normalized spacial score (nSPS) is 16.9. The lowest BCUT2D eigenvalue weighted by Crippen LogP contribution is -2.39. The van der Waals surface area contributed by atoms with Crippen molar-refractivity contribution in [3.8, 4) is 0 Å². The van der Waals surface area contributed by atoms with E-state index in [1.807, 2.05) is 22.7 Å². The van der Waals surface area contributed by atoms with Crippen LogP contribution in [0.2, 0.25) is 0 Å². The Kier molecular flexibility index (Phi) is 6.07. The first-order valence-corrected chi connectivity index (χ1v) is 9.28. The molecule has 0 unspecified atom stereocenters. The second-order valence-corrected chi connectivity index (χ2v) is 8.32. The van der Waals surface area contributed by atoms with Crippen LogP contribution >= 0.6 is 0 Å². The molecule has 1 aliphatic heterocycles. The van der Waals surface area contributed by atoms with Crippen molar-refractivity contribution in [2.24, 2.45) is 5.92 Å². The molecule has 1 saturated heterocycles. The van der Waals surface area contributed by atoms with Gasteiger partial charge in [-0.25, -0.2) is 0 Å². The maximum Gasteiger partial charge on any atom is 0.274 e. The maximum atomic E-state index is 12.9. The Morgan fingerprint density at radius 2 is 1.96 bits per heavy atom. The SMILES string of the molecule is CNCCC1CCN(C(=O)c2cc(C(C)C)n(C(C)(C)C)n2)CC1. The van der Waals surface area contributed by atoms with Gasteiger partial charge in [0.15, 0.2) is 5.69 Å². The van der Waals surface area contributed by atoms with Crippen molar-refractivity contribution in [3.63, 3.8) is 0 Å². The Morgan fingerprint density at radius 1 is 1.33 bits per heavy atom. The highest BCUT2D eigenvalue weighted by Crippen LogP contribution is 2.26. The smallest absolute Gasteiger partial charge is 0.274 e. The minimum absolute atomic E-state index is 0.0898. The number of carbonyl (C=O) groups excluding carboxylic acids is 1. The summed E-state index contributed by atoms with van der Waals surface area (Å²) in [6, 6.07) is 1.99. The zero-order valence-electron chi connectivity index (χ0n) is 16.2. The molecule has 5 nitrogen and oxygen atoms in total. The first-order chi connectivity index (χ1) is 11.2. The van der Waals surface area contributed by atoms with Crippen molar-refractivity contribution in [1.82, 2.24) is 20.0 Å². The van der Waals surface area contributed by atoms with Gasteiger partial charge in [-0.15, -0.1) is 0 Å². The molecule has 1 N–H and O–H groups in total. The van der Waals surface area contributed by atoms with Crippen molar-refractivity contribution in [3.05, 3.63) is 17.5 Å². The number of likely N-dealkylation sites (tertiary alicyclic amines) is 1. The fraction of sp³-hybridized carbons (Fsp3) is 0.789. The molecule has 24 heavy (non-hydrogen) atoms. The van der Waals surface area contributed by atoms with Gasteiger partial charge in [0.1, 0.15) is 0 Å². The van der Waals surface area contributed by atoms with E-state index in [1.54, 1.807) is 0 Å². The fourth-order valence-electron chi connectivity index (χ4n) is 3.38. The molecule has 136 valence electrons. The molecule has 0 aliphatic carbocycles. The summed E-state index contributed by atoms with van der Waals surface area (Å²) < 4.78 is 2.02. The van der Waals surface area contributed by atoms with E-state index in [2.05, 4.69) is 45.0 Å². The van der Waals surface area contributed by atoms with Gasteiger partial charge in [0.25, 0.3) is 5.91 Å². The van der Waals surface area contributed by atoms with Crippen LogP contribution < -0.4 is 5.32 Å². The largest absolute Gasteiger partial charge is 0.337 e. The van der Waals surface area contributed by atoms with Crippen molar-refractivity contribution < 1.29 is 4.79 Å². The van der Waals surface area contributed by atoms with Crippen LogP contribution in [0.3, 0.4) is 0 Å². The molecule has 1 aliphatic rings. The Bertz CT molecular complexity index is 548. The summed E-state index contributed by atoms with van der Waals surface area (Å²) in [6.07, 6.45) is 3.41. The Balaban J connectivity index is 2.08. The highest BCUT2D eigenvalue weighted by molar-refractivity contribution is 5.92. The number of hydrogen-bond donors (Lipinski definition) is 1. The molecule has 1 fully saturated rings. The Morgan fingerprint density at radius 3 is 2.42 bits per heavy atom. The highest BCUT2D eigenvalue weighted by Gasteiger charge is 2.28. The number of hydrogen-bond acceptors (Lipinski definition) is 3. The van der Waals surface area contributed by atoms with E-state index in [4.69, 9.17) is 0 Å². The van der Waals surface area contributed by atoms with Gasteiger partial charge in [-0.1, -0.05) is 13.8 Å². The van der Waals surface area contributed by atoms with Gasteiger partial charge in [-0.3, -0.25) is 9.48 Å². The molecule has 1 aromatic rings. The van der Waals surface area contributed by atoms with E-state index >= 15 is 0 Å². The molecule has 0 spiro atoms. The number of aromatic nitrogens is 2. The lowest BCUT2D eigenvalue weighted by molar-refractivity contribution is 0.0679. The quantitative estimate of drug-likeness (QED) is 0.899. The van der Waals surface area contributed by atoms with E-state index < -0.39 is 0 Å². The molecule has 2 heterocycles. The van der Waals surface area contributed by atoms with Gasteiger partial charge in [-0.2, -0.15) is 5.10 Å². The summed E-state index contributed by atoms with van der Waals surface area (Å²) in [5.41, 5.74) is 1.62. The summed E-state index contributed by atoms with van der Waals surface area (Å²) in [6.45, 7) is 13.5. The fourth-order valence-corrected chi connectivity index (χ4v) is 3.38. The van der Waals surface area contributed by atoms with Gasteiger partial charge in [0, 0.05) is 18.8 Å². The Labute approximate surface area is 146 Å². The van der Waals surface area contributed by atoms with E-state index in [1.165, 1.54) is 6.42 Å². The van der Waals surface area contributed by atoms with Gasteiger partial charge in [0.05, 0.1) is 5.54 Å². The topological polar surface area (TPSA) is 50.2 Å². The standard InChI is InChI=1S/C19H34N4O/c1-14(2)17-13-16(21-23(17)19(3,4)5)18(24)22-11-8-15(9-12-22)7-10-20-6/h13-15,20H,7-12H2,1-6H3. The van der Waals surface area contributed by atoms with Crippen LogP contribution in [0.4, 0.5) is 0 Å². The molecule has 5 heteroatoms. The van der Waals surface area contributed by atoms with E-state index in [0.29, 0.717) is 11.6 Å². The molecule has 0 aromatic carbocycles. The van der Waals surface area contributed by atoms with E-state index in [-0.39, 0.29) is 11.4 Å². The second kappa shape index (κ2) is 7.68. The van der Waals surface area contributed by atoms with Crippen molar-refractivity contribution in [2.75, 3.05) is 26.7 Å². The van der Waals surface area contributed by atoms with E-state index in [0.717, 1.165) is 44.1 Å². The Hall–Kier alpha value is -1.36. The molecule has 2 rings (SSSR count). The third-order valence-electron chi connectivity index (χ3n) is 4.89. The number of nitrogens with one attached hydrogen (secondary N) is 1. The highest BCUT2D eigenvalue weighted by atomic mass is 16.2. The molecule has 0 saturated carbocycles. The predicted molar refractivity (Wildman–Crippen MR) is 98.5 cm³/mol. The minimum atomic E-state index is -0.113. The monoisotopic (exact) mass is 334 g/mol. The predicted octanol–water partition coefficient (Wildman–Crippen LogP) is 3.22. The molecule has 1 amide bonds. The molecule has 0 atom stereocenters. The summed E-state index contributed by atoms with van der Waals surface area (Å²) in [7, 11) is 2.00. The van der Waals surface area contributed by atoms with Gasteiger partial charge >= 0.3 is 0 Å². The average Bonchev–Trinajstić information content (AvgIpc) is 2.98. The average molecular weight is 335 g/mol. The van der Waals surface area contributed by atoms with Crippen LogP contribution in [0, 0.1) is 5.92 Å². The zero-order valence-corrected chi connectivity index (χ0v) is 16.2. The first-order valence-electron chi connectivity index (χ1n) is 9.28. The number of carbonyl (C=O) groups is 1. The minimum Gasteiger partial charge on any atom is -0.337 e. The van der Waals surface area contributed by atoms with Gasteiger partial charge in [-0.05, 0) is 71.5 Å². The van der Waals surface area contributed by atoms with Crippen molar-refractivity contribution >= 4 is 5.91 Å². The molecule has 0 radical (unpaired) electrons. The van der Waals surface area contributed by atoms with Gasteiger partial charge in [0.2, 0.25) is 0 Å². The van der Waals surface area contributed by atoms with Crippen LogP contribution in [0.5, 0.6) is 0 Å². The number of nitrogens with zero attached hydrogens (tertiary/aromatic N) is 3. The summed E-state index contributed by atoms with van der Waals surface area (Å²) in [4.78, 5) is 14.9. The summed E-state index contributed by atoms with van der Waals surface area (Å²) in [5.74, 6) is 1.18. The van der Waals surface area contributed by atoms with Crippen molar-refractivity contribution in [2.45, 2.75) is 65.3 Å². The number of piperidine rings is 1.